The van der Waals surface area contributed by atoms with Crippen LogP contribution in [-0.4, -0.2) is 30.8 Å². The highest BCUT2D eigenvalue weighted by atomic mass is 35.5. The molecule has 5 nitrogen and oxygen atoms in total. The molecule has 0 atom stereocenters. The van der Waals surface area contributed by atoms with Crippen molar-refractivity contribution in [3.8, 4) is 0 Å². The summed E-state index contributed by atoms with van der Waals surface area (Å²) >= 11 is 7.13. The van der Waals surface area contributed by atoms with Crippen molar-refractivity contribution in [1.29, 1.82) is 0 Å². The number of amides is 1. The minimum atomic E-state index is -0.669. The summed E-state index contributed by atoms with van der Waals surface area (Å²) in [6.45, 7) is 1.36. The van der Waals surface area contributed by atoms with Gasteiger partial charge in [0.15, 0.2) is 6.61 Å². The van der Waals surface area contributed by atoms with Crippen LogP contribution in [0.4, 0.5) is 0 Å². The number of carbonyl (C=O) groups is 3. The zero-order valence-corrected chi connectivity index (χ0v) is 14.6. The number of carbonyl (C=O) groups excluding carboxylic acids is 3. The number of nitrogens with one attached hydrogen (secondary N) is 1. The minimum absolute atomic E-state index is 0.253. The number of benzene rings is 1. The van der Waals surface area contributed by atoms with Crippen LogP contribution < -0.4 is 5.32 Å². The third-order valence-corrected chi connectivity index (χ3v) is 4.67. The molecule has 24 heavy (non-hydrogen) atoms. The van der Waals surface area contributed by atoms with E-state index >= 15 is 0 Å². The van der Waals surface area contributed by atoms with Gasteiger partial charge >= 0.3 is 5.97 Å². The van der Waals surface area contributed by atoms with Gasteiger partial charge in [0.1, 0.15) is 6.54 Å². The van der Waals surface area contributed by atoms with Crippen LogP contribution in [0.15, 0.2) is 36.4 Å². The van der Waals surface area contributed by atoms with Gasteiger partial charge in [-0.2, -0.15) is 0 Å². The van der Waals surface area contributed by atoms with E-state index in [-0.39, 0.29) is 18.9 Å². The molecule has 0 unspecified atom stereocenters. The van der Waals surface area contributed by atoms with Crippen molar-refractivity contribution in [2.24, 2.45) is 0 Å². The largest absolute Gasteiger partial charge is 0.456 e. The zero-order chi connectivity index (χ0) is 17.5. The summed E-state index contributed by atoms with van der Waals surface area (Å²) in [7, 11) is 0. The average Bonchev–Trinajstić information content (AvgIpc) is 3.07. The summed E-state index contributed by atoms with van der Waals surface area (Å²) < 4.78 is 4.89. The van der Waals surface area contributed by atoms with Crippen LogP contribution >= 0.6 is 22.9 Å². The van der Waals surface area contributed by atoms with Crippen LogP contribution in [0, 0.1) is 0 Å². The molecule has 0 bridgehead atoms. The maximum absolute atomic E-state index is 11.9. The molecule has 1 aromatic heterocycles. The van der Waals surface area contributed by atoms with E-state index in [4.69, 9.17) is 16.3 Å². The lowest BCUT2D eigenvalue weighted by Crippen LogP contribution is -2.31. The van der Waals surface area contributed by atoms with Crippen molar-refractivity contribution in [3.63, 3.8) is 0 Å². The van der Waals surface area contributed by atoms with Gasteiger partial charge in [0.05, 0.1) is 4.88 Å². The SMILES string of the molecule is CCc1ccc(C(=O)COC(=O)CNC(=O)c2ccc(Cl)cc2)s1. The number of ketones is 1. The van der Waals surface area contributed by atoms with Crippen molar-refractivity contribution in [3.05, 3.63) is 56.7 Å². The van der Waals surface area contributed by atoms with Crippen molar-refractivity contribution in [2.75, 3.05) is 13.2 Å². The normalized spacial score (nSPS) is 10.2. The Bertz CT molecular complexity index is 739. The van der Waals surface area contributed by atoms with Crippen molar-refractivity contribution >= 4 is 40.6 Å². The second kappa shape index (κ2) is 8.61. The third kappa shape index (κ3) is 5.18. The highest BCUT2D eigenvalue weighted by Crippen LogP contribution is 2.17. The maximum atomic E-state index is 11.9. The predicted molar refractivity (Wildman–Crippen MR) is 92.8 cm³/mol. The molecule has 2 rings (SSSR count). The van der Waals surface area contributed by atoms with Gasteiger partial charge in [0.2, 0.25) is 5.78 Å². The fourth-order valence-corrected chi connectivity index (χ4v) is 2.84. The number of ether oxygens (including phenoxy) is 1. The second-order valence-electron chi connectivity index (χ2n) is 4.89. The molecule has 1 heterocycles. The highest BCUT2D eigenvalue weighted by Gasteiger charge is 2.13. The number of hydrogen-bond donors (Lipinski definition) is 1. The van der Waals surface area contributed by atoms with Crippen LogP contribution in [0.1, 0.15) is 31.8 Å². The van der Waals surface area contributed by atoms with Crippen LogP contribution in [0.2, 0.25) is 5.02 Å². The van der Waals surface area contributed by atoms with Crippen LogP contribution in [0.3, 0.4) is 0 Å². The Balaban J connectivity index is 1.75. The maximum Gasteiger partial charge on any atom is 0.325 e. The summed E-state index contributed by atoms with van der Waals surface area (Å²) in [5, 5.41) is 2.95. The lowest BCUT2D eigenvalue weighted by Gasteiger charge is -2.06. The second-order valence-corrected chi connectivity index (χ2v) is 6.50. The summed E-state index contributed by atoms with van der Waals surface area (Å²) in [5.41, 5.74) is 0.383. The monoisotopic (exact) mass is 365 g/mol. The first-order valence-electron chi connectivity index (χ1n) is 7.31. The standard InChI is InChI=1S/C17H16ClNO4S/c1-2-13-7-8-15(24-13)14(20)10-23-16(21)9-19-17(22)11-3-5-12(18)6-4-11/h3-8H,2,9-10H2,1H3,(H,19,22). The molecule has 0 fully saturated rings. The molecule has 0 saturated carbocycles. The van der Waals surface area contributed by atoms with Gasteiger partial charge in [-0.3, -0.25) is 14.4 Å². The Morgan fingerprint density at radius 2 is 1.83 bits per heavy atom. The first-order chi connectivity index (χ1) is 11.5. The first-order valence-corrected chi connectivity index (χ1v) is 8.50. The van der Waals surface area contributed by atoms with Crippen LogP contribution in [0.25, 0.3) is 0 Å². The van der Waals surface area contributed by atoms with Gasteiger partial charge in [-0.05, 0) is 42.8 Å². The molecule has 0 saturated heterocycles. The van der Waals surface area contributed by atoms with E-state index in [1.54, 1.807) is 30.3 Å². The molecule has 0 aliphatic heterocycles. The molecule has 2 aromatic rings. The molecule has 0 aliphatic carbocycles. The summed E-state index contributed by atoms with van der Waals surface area (Å²) in [6.07, 6.45) is 0.856. The molecule has 0 aliphatic rings. The molecule has 1 aromatic carbocycles. The summed E-state index contributed by atoms with van der Waals surface area (Å²) in [6, 6.07) is 9.87. The number of hydrogen-bond acceptors (Lipinski definition) is 5. The van der Waals surface area contributed by atoms with E-state index in [1.807, 2.05) is 13.0 Å². The molecule has 0 spiro atoms. The van der Waals surface area contributed by atoms with E-state index in [1.165, 1.54) is 11.3 Å². The van der Waals surface area contributed by atoms with Gasteiger partial charge in [0, 0.05) is 15.5 Å². The number of halogens is 1. The Morgan fingerprint density at radius 1 is 1.12 bits per heavy atom. The van der Waals surface area contributed by atoms with Gasteiger partial charge in [-0.1, -0.05) is 18.5 Å². The van der Waals surface area contributed by atoms with E-state index in [9.17, 15) is 14.4 Å². The van der Waals surface area contributed by atoms with Gasteiger partial charge in [-0.25, -0.2) is 0 Å². The Kier molecular flexibility index (Phi) is 6.52. The number of esters is 1. The zero-order valence-electron chi connectivity index (χ0n) is 13.0. The molecule has 1 N–H and O–H groups in total. The van der Waals surface area contributed by atoms with Crippen LogP contribution in [-0.2, 0) is 16.0 Å². The minimum Gasteiger partial charge on any atom is -0.456 e. The topological polar surface area (TPSA) is 72.5 Å². The van der Waals surface area contributed by atoms with Gasteiger partial charge < -0.3 is 10.1 Å². The van der Waals surface area contributed by atoms with Gasteiger partial charge in [-0.15, -0.1) is 11.3 Å². The van der Waals surface area contributed by atoms with E-state index < -0.39 is 11.9 Å². The summed E-state index contributed by atoms with van der Waals surface area (Å²) in [5.74, 6) is -1.34. The number of aryl methyl sites for hydroxylation is 1. The number of Topliss-reactive ketones (excluding diaryl/α,β-unsaturated/α-hetero) is 1. The van der Waals surface area contributed by atoms with E-state index in [0.29, 0.717) is 15.5 Å². The fourth-order valence-electron chi connectivity index (χ4n) is 1.84. The molecule has 1 amide bonds. The first kappa shape index (κ1) is 18.2. The highest BCUT2D eigenvalue weighted by molar-refractivity contribution is 7.14. The Hall–Kier alpha value is -2.18. The number of rotatable bonds is 7. The smallest absolute Gasteiger partial charge is 0.325 e. The fraction of sp³-hybridized carbons (Fsp3) is 0.235. The average molecular weight is 366 g/mol. The molecule has 0 radical (unpaired) electrons. The lowest BCUT2D eigenvalue weighted by molar-refractivity contribution is -0.141. The van der Waals surface area contributed by atoms with Gasteiger partial charge in [0.25, 0.3) is 5.91 Å². The van der Waals surface area contributed by atoms with E-state index in [2.05, 4.69) is 5.32 Å². The molecular formula is C17H16ClNO4S. The Morgan fingerprint density at radius 3 is 2.46 bits per heavy atom. The number of thiophene rings is 1. The van der Waals surface area contributed by atoms with Crippen molar-refractivity contribution in [1.82, 2.24) is 5.32 Å². The predicted octanol–water partition coefficient (Wildman–Crippen LogP) is 3.12. The van der Waals surface area contributed by atoms with Crippen molar-refractivity contribution in [2.45, 2.75) is 13.3 Å². The van der Waals surface area contributed by atoms with E-state index in [0.717, 1.165) is 11.3 Å². The quantitative estimate of drug-likeness (QED) is 0.604. The lowest BCUT2D eigenvalue weighted by atomic mass is 10.2. The molecule has 126 valence electrons. The summed E-state index contributed by atoms with van der Waals surface area (Å²) in [4.78, 5) is 37.0. The van der Waals surface area contributed by atoms with Crippen LogP contribution in [0.5, 0.6) is 0 Å². The molecular weight excluding hydrogens is 350 g/mol. The Labute approximate surface area is 148 Å². The molecule has 7 heteroatoms. The van der Waals surface area contributed by atoms with Crippen molar-refractivity contribution < 1.29 is 19.1 Å². The third-order valence-electron chi connectivity index (χ3n) is 3.15.